The van der Waals surface area contributed by atoms with Gasteiger partial charge in [-0.25, -0.2) is 8.42 Å². The lowest BCUT2D eigenvalue weighted by Crippen LogP contribution is -2.47. The average molecular weight is 518 g/mol. The molecule has 0 heterocycles. The molecule has 1 atom stereocenters. The van der Waals surface area contributed by atoms with Gasteiger partial charge in [0.05, 0.1) is 18.6 Å². The Bertz CT molecular complexity index is 1080. The van der Waals surface area contributed by atoms with E-state index in [0.29, 0.717) is 37.6 Å². The van der Waals surface area contributed by atoms with Gasteiger partial charge in [-0.3, -0.25) is 13.9 Å². The molecule has 9 heteroatoms. The number of carbonyl (C=O) groups is 2. The van der Waals surface area contributed by atoms with Crippen LogP contribution in [0.5, 0.6) is 5.75 Å². The Labute approximate surface area is 215 Å². The molecule has 0 aliphatic rings. The van der Waals surface area contributed by atoms with Crippen molar-refractivity contribution in [1.82, 2.24) is 10.2 Å². The van der Waals surface area contributed by atoms with Gasteiger partial charge in [0.2, 0.25) is 21.8 Å². The molecule has 2 amide bonds. The van der Waals surface area contributed by atoms with Crippen molar-refractivity contribution in [1.29, 1.82) is 0 Å². The number of unbranched alkanes of at least 4 members (excludes halogenated alkanes) is 1. The van der Waals surface area contributed by atoms with Gasteiger partial charge >= 0.3 is 0 Å². The topological polar surface area (TPSA) is 96.0 Å². The number of hydrogen-bond acceptors (Lipinski definition) is 5. The van der Waals surface area contributed by atoms with Crippen LogP contribution in [-0.2, 0) is 26.2 Å². The molecule has 2 aromatic carbocycles. The SMILES string of the molecule is CCCCNC(=O)C(C)N(Cc1ccccc1)C(=O)CCCN(c1ccccc1OCC)S(C)(=O)=O. The summed E-state index contributed by atoms with van der Waals surface area (Å²) in [6.45, 7) is 6.99. The fourth-order valence-corrected chi connectivity index (χ4v) is 4.79. The number of anilines is 1. The van der Waals surface area contributed by atoms with E-state index in [9.17, 15) is 18.0 Å². The zero-order valence-electron chi connectivity index (χ0n) is 21.8. The molecule has 1 unspecified atom stereocenters. The standard InChI is InChI=1S/C27H39N3O5S/c1-5-7-19-28-27(32)22(3)29(21-23-14-9-8-10-15-23)26(31)18-13-20-30(36(4,33)34)24-16-11-12-17-25(24)35-6-2/h8-12,14-17,22H,5-7,13,18-21H2,1-4H3,(H,28,32). The molecule has 8 nitrogen and oxygen atoms in total. The molecule has 1 N–H and O–H groups in total. The van der Waals surface area contributed by atoms with Crippen LogP contribution in [0.2, 0.25) is 0 Å². The summed E-state index contributed by atoms with van der Waals surface area (Å²) in [6, 6.07) is 15.8. The van der Waals surface area contributed by atoms with Crippen LogP contribution in [-0.4, -0.2) is 57.1 Å². The van der Waals surface area contributed by atoms with E-state index in [2.05, 4.69) is 5.32 Å². The van der Waals surface area contributed by atoms with Gasteiger partial charge in [0.15, 0.2) is 0 Å². The van der Waals surface area contributed by atoms with E-state index in [4.69, 9.17) is 4.74 Å². The minimum Gasteiger partial charge on any atom is -0.492 e. The predicted octanol–water partition coefficient (Wildman–Crippen LogP) is 3.97. The number of benzene rings is 2. The highest BCUT2D eigenvalue weighted by Gasteiger charge is 2.27. The van der Waals surface area contributed by atoms with Crippen LogP contribution in [0.4, 0.5) is 5.69 Å². The molecule has 198 valence electrons. The normalized spacial score (nSPS) is 12.0. The lowest BCUT2D eigenvalue weighted by atomic mass is 10.1. The first-order chi connectivity index (χ1) is 17.2. The second-order valence-electron chi connectivity index (χ2n) is 8.67. The quantitative estimate of drug-likeness (QED) is 0.361. The largest absolute Gasteiger partial charge is 0.492 e. The molecule has 36 heavy (non-hydrogen) atoms. The third-order valence-corrected chi connectivity index (χ3v) is 6.96. The first-order valence-electron chi connectivity index (χ1n) is 12.5. The summed E-state index contributed by atoms with van der Waals surface area (Å²) in [5.74, 6) is 0.0690. The Hall–Kier alpha value is -3.07. The van der Waals surface area contributed by atoms with Gasteiger partial charge in [-0.05, 0) is 44.4 Å². The summed E-state index contributed by atoms with van der Waals surface area (Å²) in [5, 5.41) is 2.90. The number of para-hydroxylation sites is 2. The molecule has 0 fully saturated rings. The molecular formula is C27H39N3O5S. The van der Waals surface area contributed by atoms with E-state index >= 15 is 0 Å². The van der Waals surface area contributed by atoms with Crippen molar-refractivity contribution >= 4 is 27.5 Å². The van der Waals surface area contributed by atoms with Gasteiger partial charge in [-0.15, -0.1) is 0 Å². The van der Waals surface area contributed by atoms with Gasteiger partial charge < -0.3 is 15.0 Å². The second-order valence-corrected chi connectivity index (χ2v) is 10.6. The van der Waals surface area contributed by atoms with Crippen LogP contribution in [0.1, 0.15) is 52.0 Å². The third kappa shape index (κ3) is 8.86. The van der Waals surface area contributed by atoms with E-state index in [1.165, 1.54) is 4.31 Å². The van der Waals surface area contributed by atoms with Crippen molar-refractivity contribution in [2.45, 2.75) is 59.0 Å². The van der Waals surface area contributed by atoms with Crippen LogP contribution >= 0.6 is 0 Å². The van der Waals surface area contributed by atoms with E-state index in [1.807, 2.05) is 44.2 Å². The third-order valence-electron chi connectivity index (χ3n) is 5.78. The first-order valence-corrected chi connectivity index (χ1v) is 14.3. The van der Waals surface area contributed by atoms with Gasteiger partial charge in [-0.2, -0.15) is 0 Å². The molecule has 0 spiro atoms. The molecule has 0 aromatic heterocycles. The van der Waals surface area contributed by atoms with Crippen molar-refractivity contribution in [2.75, 3.05) is 30.3 Å². The molecular weight excluding hydrogens is 478 g/mol. The molecule has 0 aliphatic carbocycles. The lowest BCUT2D eigenvalue weighted by Gasteiger charge is -2.29. The maximum atomic E-state index is 13.3. The smallest absolute Gasteiger partial charge is 0.242 e. The average Bonchev–Trinajstić information content (AvgIpc) is 2.85. The van der Waals surface area contributed by atoms with Gasteiger partial charge in [0, 0.05) is 26.1 Å². The number of sulfonamides is 1. The maximum absolute atomic E-state index is 13.3. The summed E-state index contributed by atoms with van der Waals surface area (Å²) >= 11 is 0. The number of ether oxygens (including phenoxy) is 1. The predicted molar refractivity (Wildman–Crippen MR) is 143 cm³/mol. The summed E-state index contributed by atoms with van der Waals surface area (Å²) in [4.78, 5) is 27.6. The molecule has 0 bridgehead atoms. The highest BCUT2D eigenvalue weighted by molar-refractivity contribution is 7.92. The van der Waals surface area contributed by atoms with E-state index in [1.54, 1.807) is 36.1 Å². The zero-order valence-corrected chi connectivity index (χ0v) is 22.6. The zero-order chi connectivity index (χ0) is 26.6. The molecule has 0 radical (unpaired) electrons. The van der Waals surface area contributed by atoms with Gasteiger partial charge in [0.1, 0.15) is 11.8 Å². The van der Waals surface area contributed by atoms with Crippen LogP contribution < -0.4 is 14.4 Å². The van der Waals surface area contributed by atoms with Crippen molar-refractivity contribution in [2.24, 2.45) is 0 Å². The highest BCUT2D eigenvalue weighted by Crippen LogP contribution is 2.30. The number of nitrogens with one attached hydrogen (secondary N) is 1. The Morgan fingerprint density at radius 3 is 2.31 bits per heavy atom. The second kappa shape index (κ2) is 14.5. The summed E-state index contributed by atoms with van der Waals surface area (Å²) in [6.07, 6.45) is 3.37. The molecule has 0 aliphatic heterocycles. The number of rotatable bonds is 15. The Morgan fingerprint density at radius 1 is 1.00 bits per heavy atom. The molecule has 0 saturated heterocycles. The lowest BCUT2D eigenvalue weighted by molar-refractivity contribution is -0.140. The fraction of sp³-hybridized carbons (Fsp3) is 0.481. The van der Waals surface area contributed by atoms with Crippen molar-refractivity contribution in [3.63, 3.8) is 0 Å². The van der Waals surface area contributed by atoms with Crippen molar-refractivity contribution in [3.05, 3.63) is 60.2 Å². The Balaban J connectivity index is 2.15. The highest BCUT2D eigenvalue weighted by atomic mass is 32.2. The van der Waals surface area contributed by atoms with E-state index < -0.39 is 16.1 Å². The summed E-state index contributed by atoms with van der Waals surface area (Å²) in [5.41, 5.74) is 1.36. The van der Waals surface area contributed by atoms with Gasteiger partial charge in [0.25, 0.3) is 0 Å². The van der Waals surface area contributed by atoms with Crippen LogP contribution in [0.25, 0.3) is 0 Å². The fourth-order valence-electron chi connectivity index (χ4n) is 3.82. The Kier molecular flexibility index (Phi) is 11.7. The van der Waals surface area contributed by atoms with Crippen molar-refractivity contribution in [3.8, 4) is 5.75 Å². The molecule has 0 saturated carbocycles. The number of nitrogens with zero attached hydrogens (tertiary/aromatic N) is 2. The Morgan fingerprint density at radius 2 is 1.67 bits per heavy atom. The number of carbonyl (C=O) groups excluding carboxylic acids is 2. The minimum atomic E-state index is -3.60. The van der Waals surface area contributed by atoms with E-state index in [-0.39, 0.29) is 24.8 Å². The monoisotopic (exact) mass is 517 g/mol. The van der Waals surface area contributed by atoms with Crippen LogP contribution in [0, 0.1) is 0 Å². The summed E-state index contributed by atoms with van der Waals surface area (Å²) in [7, 11) is -3.60. The molecule has 2 rings (SSSR count). The van der Waals surface area contributed by atoms with Gasteiger partial charge in [-0.1, -0.05) is 55.8 Å². The minimum absolute atomic E-state index is 0.0994. The number of amides is 2. The number of hydrogen-bond donors (Lipinski definition) is 1. The van der Waals surface area contributed by atoms with Crippen LogP contribution in [0.3, 0.4) is 0 Å². The molecule has 2 aromatic rings. The maximum Gasteiger partial charge on any atom is 0.242 e. The summed E-state index contributed by atoms with van der Waals surface area (Å²) < 4.78 is 32.1. The first kappa shape index (κ1) is 29.2. The van der Waals surface area contributed by atoms with Crippen LogP contribution in [0.15, 0.2) is 54.6 Å². The van der Waals surface area contributed by atoms with E-state index in [0.717, 1.165) is 24.7 Å². The van der Waals surface area contributed by atoms with Crippen molar-refractivity contribution < 1.29 is 22.7 Å².